The lowest BCUT2D eigenvalue weighted by Gasteiger charge is -2.11. The van der Waals surface area contributed by atoms with Crippen LogP contribution < -0.4 is 0 Å². The lowest BCUT2D eigenvalue weighted by molar-refractivity contribution is -0.122. The fraction of sp³-hybridized carbons (Fsp3) is 0.120. The fourth-order valence-electron chi connectivity index (χ4n) is 3.86. The second-order valence-electron chi connectivity index (χ2n) is 7.57. The highest BCUT2D eigenvalue weighted by Gasteiger charge is 2.32. The van der Waals surface area contributed by atoms with Crippen LogP contribution in [0.1, 0.15) is 22.5 Å². The summed E-state index contributed by atoms with van der Waals surface area (Å²) in [5.74, 6) is 0.634. The molecule has 2 aromatic heterocycles. The molecule has 31 heavy (non-hydrogen) atoms. The van der Waals surface area contributed by atoms with Gasteiger partial charge >= 0.3 is 0 Å². The molecule has 0 aliphatic carbocycles. The molecule has 3 heterocycles. The largest absolute Gasteiger partial charge is 0.467 e. The van der Waals surface area contributed by atoms with E-state index in [1.807, 2.05) is 30.3 Å². The lowest BCUT2D eigenvalue weighted by atomic mass is 10.1. The number of carbonyl (C=O) groups excluding carboxylic acids is 1. The molecular weight excluding hydrogens is 424 g/mol. The normalized spacial score (nSPS) is 15.5. The number of rotatable bonds is 5. The third-order valence-corrected chi connectivity index (χ3v) is 6.69. The second-order valence-corrected chi connectivity index (χ2v) is 9.24. The zero-order valence-corrected chi connectivity index (χ0v) is 18.6. The number of hydrogen-bond acceptors (Lipinski definition) is 4. The van der Waals surface area contributed by atoms with Crippen molar-refractivity contribution < 1.29 is 9.21 Å². The summed E-state index contributed by atoms with van der Waals surface area (Å²) >= 11 is 6.80. The van der Waals surface area contributed by atoms with Crippen molar-refractivity contribution >= 4 is 51.2 Å². The summed E-state index contributed by atoms with van der Waals surface area (Å²) in [5.41, 5.74) is 4.65. The minimum absolute atomic E-state index is 0.0816. The first-order valence-corrected chi connectivity index (χ1v) is 11.2. The Labute approximate surface area is 190 Å². The van der Waals surface area contributed by atoms with Gasteiger partial charge in [0.2, 0.25) is 0 Å². The molecule has 1 fully saturated rings. The minimum atomic E-state index is -0.0816. The van der Waals surface area contributed by atoms with Gasteiger partial charge in [-0.1, -0.05) is 72.0 Å². The van der Waals surface area contributed by atoms with Crippen LogP contribution in [0, 0.1) is 6.92 Å². The van der Waals surface area contributed by atoms with Crippen molar-refractivity contribution in [1.29, 1.82) is 0 Å². The summed E-state index contributed by atoms with van der Waals surface area (Å²) < 4.78 is 8.17. The van der Waals surface area contributed by atoms with E-state index in [9.17, 15) is 4.79 Å². The van der Waals surface area contributed by atoms with E-state index < -0.39 is 0 Å². The second kappa shape index (κ2) is 8.21. The molecule has 4 aromatic rings. The Bertz CT molecular complexity index is 1320. The quantitative estimate of drug-likeness (QED) is 0.280. The van der Waals surface area contributed by atoms with E-state index in [2.05, 4.69) is 54.1 Å². The summed E-state index contributed by atoms with van der Waals surface area (Å²) in [6.07, 6.45) is 5.68. The van der Waals surface area contributed by atoms with Gasteiger partial charge in [0, 0.05) is 29.2 Å². The first-order valence-electron chi connectivity index (χ1n) is 9.99. The maximum Gasteiger partial charge on any atom is 0.266 e. The Kier molecular flexibility index (Phi) is 5.26. The summed E-state index contributed by atoms with van der Waals surface area (Å²) in [4.78, 5) is 15.2. The van der Waals surface area contributed by atoms with Crippen LogP contribution >= 0.6 is 24.0 Å². The number of nitrogens with zero attached hydrogens (tertiary/aromatic N) is 2. The molecule has 0 N–H and O–H groups in total. The summed E-state index contributed by atoms with van der Waals surface area (Å²) in [6.45, 7) is 3.23. The third kappa shape index (κ3) is 3.96. The Hall–Kier alpha value is -3.09. The average Bonchev–Trinajstić information content (AvgIpc) is 3.45. The highest BCUT2D eigenvalue weighted by atomic mass is 32.2. The van der Waals surface area contributed by atoms with E-state index in [0.717, 1.165) is 23.0 Å². The van der Waals surface area contributed by atoms with Crippen LogP contribution in [0.15, 0.2) is 82.4 Å². The lowest BCUT2D eigenvalue weighted by Crippen LogP contribution is -2.27. The molecule has 2 aromatic carbocycles. The SMILES string of the molecule is Cc1cccc(Cn2cc(C=C3SC(=S)N(Cc4ccco4)C3=O)c3ccccc32)c1. The smallest absolute Gasteiger partial charge is 0.266 e. The first kappa shape index (κ1) is 19.8. The van der Waals surface area contributed by atoms with Crippen LogP contribution in [0.2, 0.25) is 0 Å². The van der Waals surface area contributed by atoms with E-state index in [-0.39, 0.29) is 5.91 Å². The van der Waals surface area contributed by atoms with Crippen molar-refractivity contribution in [3.8, 4) is 0 Å². The number of amides is 1. The van der Waals surface area contributed by atoms with Gasteiger partial charge in [0.25, 0.3) is 5.91 Å². The van der Waals surface area contributed by atoms with Gasteiger partial charge in [-0.3, -0.25) is 9.69 Å². The number of carbonyl (C=O) groups is 1. The van der Waals surface area contributed by atoms with Crippen LogP contribution in [0.3, 0.4) is 0 Å². The molecule has 1 amide bonds. The number of aromatic nitrogens is 1. The Balaban J connectivity index is 1.48. The number of aryl methyl sites for hydroxylation is 1. The maximum absolute atomic E-state index is 13.0. The van der Waals surface area contributed by atoms with Crippen molar-refractivity contribution in [1.82, 2.24) is 9.47 Å². The summed E-state index contributed by atoms with van der Waals surface area (Å²) in [6, 6.07) is 20.5. The summed E-state index contributed by atoms with van der Waals surface area (Å²) in [5, 5.41) is 1.12. The van der Waals surface area contributed by atoms with Gasteiger partial charge in [-0.15, -0.1) is 0 Å². The van der Waals surface area contributed by atoms with Gasteiger partial charge in [-0.25, -0.2) is 0 Å². The van der Waals surface area contributed by atoms with Gasteiger partial charge in [0.15, 0.2) is 0 Å². The summed E-state index contributed by atoms with van der Waals surface area (Å²) in [7, 11) is 0. The predicted octanol–water partition coefficient (Wildman–Crippen LogP) is 5.99. The highest BCUT2D eigenvalue weighted by molar-refractivity contribution is 8.26. The monoisotopic (exact) mass is 444 g/mol. The number of thioether (sulfide) groups is 1. The van der Waals surface area contributed by atoms with Gasteiger partial charge in [-0.2, -0.15) is 0 Å². The topological polar surface area (TPSA) is 38.4 Å². The zero-order valence-electron chi connectivity index (χ0n) is 16.9. The van der Waals surface area contributed by atoms with E-state index in [1.165, 1.54) is 22.9 Å². The molecule has 154 valence electrons. The fourth-order valence-corrected chi connectivity index (χ4v) is 5.11. The number of thiocarbonyl (C=S) groups is 1. The van der Waals surface area contributed by atoms with Crippen molar-refractivity contribution in [3.63, 3.8) is 0 Å². The highest BCUT2D eigenvalue weighted by Crippen LogP contribution is 2.35. The molecule has 1 aliphatic rings. The number of fused-ring (bicyclic) bond motifs is 1. The Morgan fingerprint density at radius 3 is 2.74 bits per heavy atom. The van der Waals surface area contributed by atoms with Crippen LogP contribution in [-0.2, 0) is 17.9 Å². The molecule has 0 spiro atoms. The van der Waals surface area contributed by atoms with E-state index in [1.54, 1.807) is 11.2 Å². The van der Waals surface area contributed by atoms with E-state index in [4.69, 9.17) is 16.6 Å². The van der Waals surface area contributed by atoms with Gasteiger partial charge in [-0.05, 0) is 36.8 Å². The molecule has 0 radical (unpaired) electrons. The molecular formula is C25H20N2O2S2. The Morgan fingerprint density at radius 1 is 1.06 bits per heavy atom. The molecule has 6 heteroatoms. The molecule has 0 unspecified atom stereocenters. The maximum atomic E-state index is 13.0. The molecule has 0 bridgehead atoms. The number of benzene rings is 2. The molecule has 0 saturated carbocycles. The van der Waals surface area contributed by atoms with Crippen molar-refractivity contribution in [2.24, 2.45) is 0 Å². The van der Waals surface area contributed by atoms with Gasteiger partial charge in [0.1, 0.15) is 10.1 Å². The van der Waals surface area contributed by atoms with Gasteiger partial charge < -0.3 is 8.98 Å². The molecule has 0 atom stereocenters. The van der Waals surface area contributed by atoms with E-state index >= 15 is 0 Å². The van der Waals surface area contributed by atoms with Gasteiger partial charge in [0.05, 0.1) is 17.7 Å². The van der Waals surface area contributed by atoms with Crippen molar-refractivity contribution in [3.05, 3.63) is 100 Å². The van der Waals surface area contributed by atoms with Crippen LogP contribution in [-0.4, -0.2) is 19.7 Å². The first-order chi connectivity index (χ1) is 15.1. The standard InChI is InChI=1S/C25H20N2O2S2/c1-17-6-4-7-18(12-17)14-26-15-19(21-9-2-3-10-22(21)26)13-23-24(28)27(25(30)31-23)16-20-8-5-11-29-20/h2-13,15H,14,16H2,1H3. The Morgan fingerprint density at radius 2 is 1.94 bits per heavy atom. The van der Waals surface area contributed by atoms with Crippen LogP contribution in [0.5, 0.6) is 0 Å². The molecule has 4 nitrogen and oxygen atoms in total. The van der Waals surface area contributed by atoms with Crippen molar-refractivity contribution in [2.75, 3.05) is 0 Å². The van der Waals surface area contributed by atoms with Crippen LogP contribution in [0.25, 0.3) is 17.0 Å². The van der Waals surface area contributed by atoms with Crippen LogP contribution in [0.4, 0.5) is 0 Å². The molecule has 5 rings (SSSR count). The zero-order chi connectivity index (χ0) is 21.4. The predicted molar refractivity (Wildman–Crippen MR) is 130 cm³/mol. The molecule has 1 saturated heterocycles. The number of hydrogen-bond donors (Lipinski definition) is 0. The number of para-hydroxylation sites is 1. The molecule has 1 aliphatic heterocycles. The third-order valence-electron chi connectivity index (χ3n) is 5.31. The number of furan rings is 1. The minimum Gasteiger partial charge on any atom is -0.467 e. The van der Waals surface area contributed by atoms with Crippen molar-refractivity contribution in [2.45, 2.75) is 20.0 Å². The average molecular weight is 445 g/mol. The van der Waals surface area contributed by atoms with E-state index in [0.29, 0.717) is 21.5 Å².